The van der Waals surface area contributed by atoms with E-state index in [-0.39, 0.29) is 0 Å². The van der Waals surface area contributed by atoms with Gasteiger partial charge >= 0.3 is 0 Å². The Morgan fingerprint density at radius 1 is 1.45 bits per heavy atom. The van der Waals surface area contributed by atoms with Crippen molar-refractivity contribution in [1.29, 1.82) is 0 Å². The maximum Gasteiger partial charge on any atom is 0.167 e. The smallest absolute Gasteiger partial charge is 0.167 e. The molecule has 1 saturated heterocycles. The highest BCUT2D eigenvalue weighted by molar-refractivity contribution is 5.82. The van der Waals surface area contributed by atoms with E-state index in [1.807, 2.05) is 0 Å². The third-order valence-electron chi connectivity index (χ3n) is 3.34. The van der Waals surface area contributed by atoms with Gasteiger partial charge in [-0.1, -0.05) is 0 Å². The molecule has 3 rings (SSSR count). The second kappa shape index (κ2) is 4.93. The van der Waals surface area contributed by atoms with Crippen LogP contribution in [0.5, 0.6) is 0 Å². The minimum Gasteiger partial charge on any atom is -0.394 e. The molecule has 1 aliphatic heterocycles. The van der Waals surface area contributed by atoms with Crippen LogP contribution in [0, 0.1) is 0 Å². The van der Waals surface area contributed by atoms with Crippen LogP contribution in [0.4, 0.5) is 10.2 Å². The molecule has 2 aromatic rings. The number of aliphatic hydroxyl groups is 2. The third kappa shape index (κ3) is 1.82. The van der Waals surface area contributed by atoms with Crippen LogP contribution in [-0.4, -0.2) is 61.8 Å². The van der Waals surface area contributed by atoms with Crippen LogP contribution < -0.4 is 5.32 Å². The van der Waals surface area contributed by atoms with E-state index in [9.17, 15) is 9.50 Å². The van der Waals surface area contributed by atoms with Gasteiger partial charge < -0.3 is 20.3 Å². The Morgan fingerprint density at radius 2 is 2.25 bits per heavy atom. The van der Waals surface area contributed by atoms with Crippen LogP contribution in [0.25, 0.3) is 11.2 Å². The molecule has 0 bridgehead atoms. The van der Waals surface area contributed by atoms with Crippen LogP contribution in [0.1, 0.15) is 6.23 Å². The normalized spacial score (nSPS) is 30.0. The predicted octanol–water partition coefficient (Wildman–Crippen LogP) is -0.543. The van der Waals surface area contributed by atoms with Gasteiger partial charge in [0.1, 0.15) is 24.1 Å². The number of aliphatic hydroxyl groups excluding tert-OH is 2. The fraction of sp³-hybridized carbons (Fsp3) is 0.545. The lowest BCUT2D eigenvalue weighted by Gasteiger charge is -2.16. The van der Waals surface area contributed by atoms with Crippen molar-refractivity contribution in [3.63, 3.8) is 0 Å². The van der Waals surface area contributed by atoms with E-state index in [4.69, 9.17) is 9.84 Å². The van der Waals surface area contributed by atoms with Crippen molar-refractivity contribution in [3.05, 3.63) is 12.7 Å². The molecule has 0 unspecified atom stereocenters. The van der Waals surface area contributed by atoms with Crippen molar-refractivity contribution in [2.45, 2.75) is 24.6 Å². The Bertz CT molecular complexity index is 621. The summed E-state index contributed by atoms with van der Waals surface area (Å²) < 4.78 is 20.5. The molecule has 8 nitrogen and oxygen atoms in total. The molecular formula is C11H14FN5O3. The zero-order valence-electron chi connectivity index (χ0n) is 10.6. The average Bonchev–Trinajstić information content (AvgIpc) is 3.01. The second-order valence-corrected chi connectivity index (χ2v) is 4.48. The first-order chi connectivity index (χ1) is 9.67. The summed E-state index contributed by atoms with van der Waals surface area (Å²) in [4.78, 5) is 12.2. The largest absolute Gasteiger partial charge is 0.394 e. The van der Waals surface area contributed by atoms with E-state index in [2.05, 4.69) is 20.3 Å². The molecule has 0 saturated carbocycles. The monoisotopic (exact) mass is 283 g/mol. The van der Waals surface area contributed by atoms with E-state index >= 15 is 0 Å². The zero-order valence-corrected chi connectivity index (χ0v) is 10.6. The van der Waals surface area contributed by atoms with Gasteiger partial charge in [0, 0.05) is 7.05 Å². The van der Waals surface area contributed by atoms with E-state index in [0.717, 1.165) is 0 Å². The number of ether oxygens (including phenoxy) is 1. The third-order valence-corrected chi connectivity index (χ3v) is 3.34. The molecule has 0 amide bonds. The van der Waals surface area contributed by atoms with Gasteiger partial charge in [-0.05, 0) is 0 Å². The van der Waals surface area contributed by atoms with Crippen LogP contribution in [0.3, 0.4) is 0 Å². The van der Waals surface area contributed by atoms with Gasteiger partial charge in [0.15, 0.2) is 23.9 Å². The van der Waals surface area contributed by atoms with Crippen molar-refractivity contribution in [2.75, 3.05) is 19.0 Å². The van der Waals surface area contributed by atoms with Crippen LogP contribution in [0.15, 0.2) is 12.7 Å². The lowest BCUT2D eigenvalue weighted by Crippen LogP contribution is -2.29. The Kier molecular flexibility index (Phi) is 3.24. The Labute approximate surface area is 113 Å². The molecule has 20 heavy (non-hydrogen) atoms. The molecule has 1 aliphatic rings. The number of halogens is 1. The second-order valence-electron chi connectivity index (χ2n) is 4.48. The number of hydrogen-bond donors (Lipinski definition) is 3. The Morgan fingerprint density at radius 3 is 2.90 bits per heavy atom. The number of nitrogens with zero attached hydrogens (tertiary/aromatic N) is 4. The van der Waals surface area contributed by atoms with E-state index in [1.165, 1.54) is 17.2 Å². The molecule has 0 aromatic carbocycles. The van der Waals surface area contributed by atoms with Crippen molar-refractivity contribution in [1.82, 2.24) is 19.5 Å². The molecule has 3 N–H and O–H groups in total. The molecule has 0 aliphatic carbocycles. The summed E-state index contributed by atoms with van der Waals surface area (Å²) in [6.45, 7) is -0.502. The summed E-state index contributed by atoms with van der Waals surface area (Å²) in [6, 6.07) is 0. The molecule has 9 heteroatoms. The van der Waals surface area contributed by atoms with E-state index < -0.39 is 31.2 Å². The number of alkyl halides is 1. The molecule has 4 atom stereocenters. The molecule has 0 spiro atoms. The Balaban J connectivity index is 2.03. The van der Waals surface area contributed by atoms with Crippen LogP contribution >= 0.6 is 0 Å². The lowest BCUT2D eigenvalue weighted by molar-refractivity contribution is -0.0495. The summed E-state index contributed by atoms with van der Waals surface area (Å²) in [7, 11) is 1.70. The first kappa shape index (κ1) is 13.2. The minimum absolute atomic E-state index is 0.416. The highest BCUT2D eigenvalue weighted by atomic mass is 19.1. The molecular weight excluding hydrogens is 269 g/mol. The topological polar surface area (TPSA) is 105 Å². The standard InChI is InChI=1S/C11H14FN5O3/c1-13-9-7-10(15-3-14-9)17(4-16-7)11-8(19)6(12)5(2-18)20-11/h3-6,8,11,18-19H,2H2,1H3,(H,13,14,15)/t5-,6-,8-,11-/m1/s1. The molecule has 3 heterocycles. The van der Waals surface area contributed by atoms with Crippen molar-refractivity contribution in [3.8, 4) is 0 Å². The maximum absolute atomic E-state index is 13.8. The molecule has 0 radical (unpaired) electrons. The van der Waals surface area contributed by atoms with Gasteiger partial charge in [-0.15, -0.1) is 0 Å². The van der Waals surface area contributed by atoms with Gasteiger partial charge in [-0.2, -0.15) is 0 Å². The van der Waals surface area contributed by atoms with Gasteiger partial charge in [-0.3, -0.25) is 4.57 Å². The molecule has 2 aromatic heterocycles. The average molecular weight is 283 g/mol. The summed E-state index contributed by atoms with van der Waals surface area (Å²) in [6.07, 6.45) is -2.35. The first-order valence-corrected chi connectivity index (χ1v) is 6.11. The van der Waals surface area contributed by atoms with Crippen molar-refractivity contribution in [2.24, 2.45) is 0 Å². The Hall–Kier alpha value is -1.84. The highest BCUT2D eigenvalue weighted by Crippen LogP contribution is 2.33. The van der Waals surface area contributed by atoms with E-state index in [1.54, 1.807) is 7.05 Å². The van der Waals surface area contributed by atoms with Crippen molar-refractivity contribution < 1.29 is 19.3 Å². The van der Waals surface area contributed by atoms with Gasteiger partial charge in [0.25, 0.3) is 0 Å². The summed E-state index contributed by atoms with van der Waals surface area (Å²) in [5.41, 5.74) is 0.910. The van der Waals surface area contributed by atoms with Crippen LogP contribution in [0.2, 0.25) is 0 Å². The van der Waals surface area contributed by atoms with E-state index in [0.29, 0.717) is 17.0 Å². The molecule has 1 fully saturated rings. The van der Waals surface area contributed by atoms with Crippen LogP contribution in [-0.2, 0) is 4.74 Å². The number of imidazole rings is 1. The van der Waals surface area contributed by atoms with Gasteiger partial charge in [-0.25, -0.2) is 19.3 Å². The summed E-state index contributed by atoms with van der Waals surface area (Å²) >= 11 is 0. The van der Waals surface area contributed by atoms with Gasteiger partial charge in [0.05, 0.1) is 12.9 Å². The number of nitrogens with one attached hydrogen (secondary N) is 1. The quantitative estimate of drug-likeness (QED) is 0.694. The predicted molar refractivity (Wildman–Crippen MR) is 66.8 cm³/mol. The fourth-order valence-electron chi connectivity index (χ4n) is 2.31. The first-order valence-electron chi connectivity index (χ1n) is 6.11. The molecule has 108 valence electrons. The number of fused-ring (bicyclic) bond motifs is 1. The lowest BCUT2D eigenvalue weighted by atomic mass is 10.1. The summed E-state index contributed by atoms with van der Waals surface area (Å²) in [5, 5.41) is 21.8. The maximum atomic E-state index is 13.8. The number of anilines is 1. The number of aromatic nitrogens is 4. The fourth-order valence-corrected chi connectivity index (χ4v) is 2.31. The SMILES string of the molecule is CNc1ncnc2c1ncn2[C@@H]1O[C@H](CO)[C@@H](F)[C@H]1O. The number of hydrogen-bond acceptors (Lipinski definition) is 7. The number of rotatable bonds is 3. The minimum atomic E-state index is -1.66. The summed E-state index contributed by atoms with van der Waals surface area (Å²) in [5.74, 6) is 0.525. The highest BCUT2D eigenvalue weighted by Gasteiger charge is 2.45. The van der Waals surface area contributed by atoms with Gasteiger partial charge in [0.2, 0.25) is 0 Å². The zero-order chi connectivity index (χ0) is 14.3. The van der Waals surface area contributed by atoms with Crippen molar-refractivity contribution >= 4 is 17.0 Å².